The van der Waals surface area contributed by atoms with Gasteiger partial charge in [-0.1, -0.05) is 17.7 Å². The van der Waals surface area contributed by atoms with E-state index in [-0.39, 0.29) is 0 Å². The van der Waals surface area contributed by atoms with Crippen LogP contribution in [0.1, 0.15) is 12.8 Å². The molecule has 57 valence electrons. The maximum atomic E-state index is 5.85. The van der Waals surface area contributed by atoms with Gasteiger partial charge in [0.05, 0.1) is 11.1 Å². The molecule has 1 aromatic carbocycles. The van der Waals surface area contributed by atoms with Gasteiger partial charge < -0.3 is 4.74 Å². The highest BCUT2D eigenvalue weighted by molar-refractivity contribution is 6.32. The van der Waals surface area contributed by atoms with E-state index in [0.29, 0.717) is 11.1 Å². The first-order valence-electron chi connectivity index (χ1n) is 3.68. The van der Waals surface area contributed by atoms with Crippen molar-refractivity contribution in [3.05, 3.63) is 29.3 Å². The molecule has 1 saturated carbocycles. The monoisotopic (exact) mass is 167 g/mol. The maximum Gasteiger partial charge on any atom is 0.138 e. The Balaban J connectivity index is 2.15. The molecule has 2 heteroatoms. The van der Waals surface area contributed by atoms with Crippen molar-refractivity contribution in [1.82, 2.24) is 0 Å². The largest absolute Gasteiger partial charge is 0.489 e. The molecule has 0 unspecified atom stereocenters. The molecule has 1 aliphatic rings. The average molecular weight is 168 g/mol. The Morgan fingerprint density at radius 3 is 3.00 bits per heavy atom. The third kappa shape index (κ3) is 1.66. The van der Waals surface area contributed by atoms with Gasteiger partial charge in [-0.25, -0.2) is 0 Å². The summed E-state index contributed by atoms with van der Waals surface area (Å²) in [6, 6.07) is 8.27. The Kier molecular flexibility index (Phi) is 1.74. The third-order valence-electron chi connectivity index (χ3n) is 1.59. The minimum absolute atomic E-state index is 0.406. The Labute approximate surface area is 70.9 Å². The lowest BCUT2D eigenvalue weighted by molar-refractivity contribution is 0.303. The van der Waals surface area contributed by atoms with Crippen LogP contribution in [0.3, 0.4) is 0 Å². The van der Waals surface area contributed by atoms with Crippen LogP contribution in [0, 0.1) is 6.07 Å². The molecule has 0 aliphatic heterocycles. The molecule has 0 N–H and O–H groups in total. The minimum Gasteiger partial charge on any atom is -0.489 e. The highest BCUT2D eigenvalue weighted by Crippen LogP contribution is 2.30. The van der Waals surface area contributed by atoms with Crippen molar-refractivity contribution in [3.8, 4) is 5.75 Å². The van der Waals surface area contributed by atoms with Gasteiger partial charge in [-0.2, -0.15) is 0 Å². The molecular formula is C9H8ClO. The van der Waals surface area contributed by atoms with E-state index in [1.807, 2.05) is 0 Å². The second kappa shape index (κ2) is 2.74. The normalized spacial score (nSPS) is 16.5. The lowest BCUT2D eigenvalue weighted by Gasteiger charge is -2.04. The lowest BCUT2D eigenvalue weighted by Crippen LogP contribution is -1.95. The molecule has 1 radical (unpaired) electrons. The molecule has 0 heterocycles. The summed E-state index contributed by atoms with van der Waals surface area (Å²) in [5, 5.41) is 0.677. The molecule has 0 atom stereocenters. The average Bonchev–Trinajstić information content (AvgIpc) is 2.78. The van der Waals surface area contributed by atoms with Crippen molar-refractivity contribution in [3.63, 3.8) is 0 Å². The molecule has 2 rings (SSSR count). The summed E-state index contributed by atoms with van der Waals surface area (Å²) in [4.78, 5) is 0. The number of rotatable bonds is 2. The predicted octanol–water partition coefficient (Wildman–Crippen LogP) is 2.68. The van der Waals surface area contributed by atoms with Crippen molar-refractivity contribution in [1.29, 1.82) is 0 Å². The predicted molar refractivity (Wildman–Crippen MR) is 43.9 cm³/mol. The maximum absolute atomic E-state index is 5.85. The fraction of sp³-hybridized carbons (Fsp3) is 0.333. The number of benzene rings is 1. The number of hydrogen-bond donors (Lipinski definition) is 0. The van der Waals surface area contributed by atoms with E-state index in [1.54, 1.807) is 18.2 Å². The molecule has 0 amide bonds. The smallest absolute Gasteiger partial charge is 0.138 e. The summed E-state index contributed by atoms with van der Waals surface area (Å²) in [5.41, 5.74) is 0. The fourth-order valence-electron chi connectivity index (χ4n) is 0.852. The standard InChI is InChI=1S/C9H8ClO/c10-8-3-1-2-4-9(8)11-7-5-6-7/h1,3-4,7H,5-6H2. The van der Waals surface area contributed by atoms with Gasteiger partial charge in [-0.05, 0) is 31.0 Å². The first-order valence-corrected chi connectivity index (χ1v) is 4.06. The molecule has 11 heavy (non-hydrogen) atoms. The summed E-state index contributed by atoms with van der Waals surface area (Å²) in [5.74, 6) is 0.761. The van der Waals surface area contributed by atoms with Gasteiger partial charge in [0.15, 0.2) is 0 Å². The van der Waals surface area contributed by atoms with Gasteiger partial charge >= 0.3 is 0 Å². The summed E-state index contributed by atoms with van der Waals surface area (Å²) in [6.07, 6.45) is 2.72. The zero-order chi connectivity index (χ0) is 7.68. The fourth-order valence-corrected chi connectivity index (χ4v) is 1.01. The molecule has 1 fully saturated rings. The topological polar surface area (TPSA) is 9.23 Å². The van der Waals surface area contributed by atoms with Crippen LogP contribution < -0.4 is 4.74 Å². The Bertz CT molecular complexity index is 255. The van der Waals surface area contributed by atoms with Crippen LogP contribution in [0.25, 0.3) is 0 Å². The molecule has 0 aromatic heterocycles. The highest BCUT2D eigenvalue weighted by atomic mass is 35.5. The molecule has 1 nitrogen and oxygen atoms in total. The van der Waals surface area contributed by atoms with Crippen LogP contribution in [0.5, 0.6) is 5.75 Å². The molecule has 1 aromatic rings. The van der Waals surface area contributed by atoms with Crippen molar-refractivity contribution in [2.24, 2.45) is 0 Å². The summed E-state index contributed by atoms with van der Waals surface area (Å²) in [6.45, 7) is 0. The van der Waals surface area contributed by atoms with Gasteiger partial charge in [-0.15, -0.1) is 0 Å². The summed E-state index contributed by atoms with van der Waals surface area (Å²) in [7, 11) is 0. The van der Waals surface area contributed by atoms with E-state index in [2.05, 4.69) is 6.07 Å². The van der Waals surface area contributed by atoms with Gasteiger partial charge in [0.2, 0.25) is 0 Å². The van der Waals surface area contributed by atoms with Crippen molar-refractivity contribution in [2.45, 2.75) is 18.9 Å². The first kappa shape index (κ1) is 6.99. The van der Waals surface area contributed by atoms with Crippen LogP contribution in [-0.4, -0.2) is 6.10 Å². The molecule has 1 aliphatic carbocycles. The van der Waals surface area contributed by atoms with Crippen LogP contribution in [-0.2, 0) is 0 Å². The van der Waals surface area contributed by atoms with Crippen LogP contribution in [0.2, 0.25) is 5.02 Å². The minimum atomic E-state index is 0.406. The number of hydrogen-bond acceptors (Lipinski definition) is 1. The van der Waals surface area contributed by atoms with E-state index in [1.165, 1.54) is 0 Å². The molecular weight excluding hydrogens is 160 g/mol. The van der Waals surface area contributed by atoms with Crippen molar-refractivity contribution < 1.29 is 4.74 Å². The Hall–Kier alpha value is -0.690. The second-order valence-electron chi connectivity index (χ2n) is 2.67. The molecule has 0 bridgehead atoms. The van der Waals surface area contributed by atoms with E-state index in [0.717, 1.165) is 18.6 Å². The van der Waals surface area contributed by atoms with Crippen LogP contribution >= 0.6 is 11.6 Å². The van der Waals surface area contributed by atoms with E-state index < -0.39 is 0 Å². The summed E-state index contributed by atoms with van der Waals surface area (Å²) < 4.78 is 5.49. The lowest BCUT2D eigenvalue weighted by atomic mass is 10.3. The SMILES string of the molecule is Clc1cc[c]cc1OC1CC1. The Morgan fingerprint density at radius 1 is 1.55 bits per heavy atom. The number of ether oxygens (including phenoxy) is 1. The molecule has 0 spiro atoms. The first-order chi connectivity index (χ1) is 5.36. The quantitative estimate of drug-likeness (QED) is 0.658. The van der Waals surface area contributed by atoms with E-state index >= 15 is 0 Å². The zero-order valence-corrected chi connectivity index (χ0v) is 6.77. The van der Waals surface area contributed by atoms with Gasteiger partial charge in [0, 0.05) is 0 Å². The van der Waals surface area contributed by atoms with Crippen molar-refractivity contribution in [2.75, 3.05) is 0 Å². The Morgan fingerprint density at radius 2 is 2.36 bits per heavy atom. The number of halogens is 1. The van der Waals surface area contributed by atoms with Crippen LogP contribution in [0.4, 0.5) is 0 Å². The van der Waals surface area contributed by atoms with Crippen molar-refractivity contribution >= 4 is 11.6 Å². The van der Waals surface area contributed by atoms with E-state index in [9.17, 15) is 0 Å². The zero-order valence-electron chi connectivity index (χ0n) is 6.01. The third-order valence-corrected chi connectivity index (χ3v) is 1.91. The highest BCUT2D eigenvalue weighted by Gasteiger charge is 2.24. The summed E-state index contributed by atoms with van der Waals surface area (Å²) >= 11 is 5.85. The van der Waals surface area contributed by atoms with Gasteiger partial charge in [-0.3, -0.25) is 0 Å². The molecule has 0 saturated heterocycles. The second-order valence-corrected chi connectivity index (χ2v) is 3.08. The van der Waals surface area contributed by atoms with Gasteiger partial charge in [0.1, 0.15) is 5.75 Å². The van der Waals surface area contributed by atoms with E-state index in [4.69, 9.17) is 16.3 Å². The van der Waals surface area contributed by atoms with Gasteiger partial charge in [0.25, 0.3) is 0 Å². The van der Waals surface area contributed by atoms with Crippen LogP contribution in [0.15, 0.2) is 18.2 Å².